The molecule has 0 amide bonds. The number of rotatable bonds is 3. The number of hydrogen-bond acceptors (Lipinski definition) is 1. The fraction of sp³-hybridized carbons (Fsp3) is 0.500. The zero-order chi connectivity index (χ0) is 13.0. The van der Waals surface area contributed by atoms with E-state index in [-0.39, 0.29) is 5.82 Å². The molecule has 0 saturated heterocycles. The van der Waals surface area contributed by atoms with Crippen LogP contribution in [-0.4, -0.2) is 23.9 Å². The van der Waals surface area contributed by atoms with Crippen LogP contribution in [0.15, 0.2) is 29.3 Å². The van der Waals surface area contributed by atoms with Crippen LogP contribution in [0.4, 0.5) is 4.39 Å². The summed E-state index contributed by atoms with van der Waals surface area (Å²) in [6.45, 7) is 0.453. The normalized spacial score (nSPS) is 17.1. The van der Waals surface area contributed by atoms with Crippen LogP contribution >= 0.6 is 0 Å². The standard InChI is InChI=1S/C14H20FN3/c1-18(10-11-6-2-5-9-13(11)15)14(16)17-12-7-3-4-8-12/h2,5-6,9,12H,3-4,7-8,10H2,1H3,(H2,16,17). The summed E-state index contributed by atoms with van der Waals surface area (Å²) in [7, 11) is 1.85. The lowest BCUT2D eigenvalue weighted by molar-refractivity contribution is 0.469. The van der Waals surface area contributed by atoms with E-state index < -0.39 is 0 Å². The van der Waals surface area contributed by atoms with Gasteiger partial charge in [-0.2, -0.15) is 0 Å². The van der Waals surface area contributed by atoms with Crippen LogP contribution in [0.1, 0.15) is 31.2 Å². The lowest BCUT2D eigenvalue weighted by Crippen LogP contribution is -2.34. The van der Waals surface area contributed by atoms with Gasteiger partial charge in [0.1, 0.15) is 5.82 Å². The molecule has 1 aliphatic rings. The molecule has 18 heavy (non-hydrogen) atoms. The van der Waals surface area contributed by atoms with Crippen LogP contribution in [0.5, 0.6) is 0 Å². The third-order valence-corrected chi connectivity index (χ3v) is 3.40. The summed E-state index contributed by atoms with van der Waals surface area (Å²) in [6.07, 6.45) is 4.71. The highest BCUT2D eigenvalue weighted by Crippen LogP contribution is 2.21. The monoisotopic (exact) mass is 249 g/mol. The lowest BCUT2D eigenvalue weighted by atomic mass is 10.2. The first-order chi connectivity index (χ1) is 8.66. The van der Waals surface area contributed by atoms with Crippen molar-refractivity contribution in [2.45, 2.75) is 38.3 Å². The summed E-state index contributed by atoms with van der Waals surface area (Å²) in [5, 5.41) is 0. The number of hydrogen-bond donors (Lipinski definition) is 1. The summed E-state index contributed by atoms with van der Waals surface area (Å²) in [4.78, 5) is 6.30. The molecule has 3 nitrogen and oxygen atoms in total. The molecule has 98 valence electrons. The van der Waals surface area contributed by atoms with E-state index >= 15 is 0 Å². The first-order valence-electron chi connectivity index (χ1n) is 6.44. The number of aliphatic imine (C=N–C) groups is 1. The van der Waals surface area contributed by atoms with Crippen molar-refractivity contribution in [3.63, 3.8) is 0 Å². The molecular formula is C14H20FN3. The Hall–Kier alpha value is -1.58. The van der Waals surface area contributed by atoms with Crippen LogP contribution in [-0.2, 0) is 6.54 Å². The Morgan fingerprint density at radius 2 is 2.06 bits per heavy atom. The van der Waals surface area contributed by atoms with Gasteiger partial charge in [-0.1, -0.05) is 31.0 Å². The number of benzene rings is 1. The Morgan fingerprint density at radius 3 is 2.72 bits per heavy atom. The zero-order valence-electron chi connectivity index (χ0n) is 10.8. The summed E-state index contributed by atoms with van der Waals surface area (Å²) >= 11 is 0. The molecule has 4 heteroatoms. The Balaban J connectivity index is 1.98. The smallest absolute Gasteiger partial charge is 0.191 e. The molecule has 0 spiro atoms. The molecule has 1 aliphatic carbocycles. The highest BCUT2D eigenvalue weighted by Gasteiger charge is 2.15. The molecule has 1 aromatic carbocycles. The summed E-state index contributed by atoms with van der Waals surface area (Å²) in [5.74, 6) is 0.308. The van der Waals surface area contributed by atoms with Crippen molar-refractivity contribution in [2.24, 2.45) is 10.7 Å². The minimum absolute atomic E-state index is 0.196. The Bertz CT molecular complexity index is 425. The lowest BCUT2D eigenvalue weighted by Gasteiger charge is -2.19. The topological polar surface area (TPSA) is 41.6 Å². The molecule has 2 rings (SSSR count). The van der Waals surface area contributed by atoms with Gasteiger partial charge in [0.25, 0.3) is 0 Å². The van der Waals surface area contributed by atoms with Gasteiger partial charge in [0.05, 0.1) is 6.04 Å². The van der Waals surface area contributed by atoms with Crippen molar-refractivity contribution < 1.29 is 4.39 Å². The van der Waals surface area contributed by atoms with E-state index in [0.717, 1.165) is 12.8 Å². The Kier molecular flexibility index (Phi) is 4.18. The van der Waals surface area contributed by atoms with Gasteiger partial charge in [0, 0.05) is 19.2 Å². The van der Waals surface area contributed by atoms with Gasteiger partial charge in [0.15, 0.2) is 5.96 Å². The van der Waals surface area contributed by atoms with Gasteiger partial charge in [-0.25, -0.2) is 9.38 Å². The van der Waals surface area contributed by atoms with Crippen molar-refractivity contribution in [1.82, 2.24) is 4.90 Å². The largest absolute Gasteiger partial charge is 0.370 e. The minimum atomic E-state index is -0.196. The van der Waals surface area contributed by atoms with E-state index in [1.54, 1.807) is 17.0 Å². The van der Waals surface area contributed by atoms with Crippen molar-refractivity contribution >= 4 is 5.96 Å². The fourth-order valence-corrected chi connectivity index (χ4v) is 2.28. The Morgan fingerprint density at radius 1 is 1.39 bits per heavy atom. The third kappa shape index (κ3) is 3.22. The maximum Gasteiger partial charge on any atom is 0.191 e. The van der Waals surface area contributed by atoms with Gasteiger partial charge in [-0.05, 0) is 18.9 Å². The van der Waals surface area contributed by atoms with E-state index in [2.05, 4.69) is 4.99 Å². The molecule has 0 aliphatic heterocycles. The van der Waals surface area contributed by atoms with Crippen LogP contribution in [0, 0.1) is 5.82 Å². The van der Waals surface area contributed by atoms with E-state index in [4.69, 9.17) is 5.73 Å². The number of nitrogens with zero attached hydrogens (tertiary/aromatic N) is 2. The minimum Gasteiger partial charge on any atom is -0.370 e. The van der Waals surface area contributed by atoms with Crippen LogP contribution < -0.4 is 5.73 Å². The summed E-state index contributed by atoms with van der Waals surface area (Å²) in [6, 6.07) is 7.11. The highest BCUT2D eigenvalue weighted by molar-refractivity contribution is 5.78. The van der Waals surface area contributed by atoms with Crippen molar-refractivity contribution in [2.75, 3.05) is 7.05 Å². The average molecular weight is 249 g/mol. The Labute approximate surface area is 108 Å². The molecule has 1 fully saturated rings. The molecule has 0 radical (unpaired) electrons. The first-order valence-corrected chi connectivity index (χ1v) is 6.44. The summed E-state index contributed by atoms with van der Waals surface area (Å²) < 4.78 is 13.5. The first kappa shape index (κ1) is 12.9. The predicted octanol–water partition coefficient (Wildman–Crippen LogP) is 2.51. The molecule has 0 aromatic heterocycles. The van der Waals surface area contributed by atoms with Gasteiger partial charge in [-0.15, -0.1) is 0 Å². The van der Waals surface area contributed by atoms with Gasteiger partial charge in [-0.3, -0.25) is 0 Å². The average Bonchev–Trinajstić information content (AvgIpc) is 2.84. The molecule has 1 saturated carbocycles. The van der Waals surface area contributed by atoms with E-state index in [1.165, 1.54) is 18.9 Å². The molecule has 0 heterocycles. The van der Waals surface area contributed by atoms with Gasteiger partial charge in [0.2, 0.25) is 0 Å². The number of halogens is 1. The quantitative estimate of drug-likeness (QED) is 0.660. The third-order valence-electron chi connectivity index (χ3n) is 3.40. The number of guanidine groups is 1. The zero-order valence-corrected chi connectivity index (χ0v) is 10.8. The van der Waals surface area contributed by atoms with Gasteiger partial charge < -0.3 is 10.6 Å². The predicted molar refractivity (Wildman–Crippen MR) is 71.7 cm³/mol. The second kappa shape index (κ2) is 5.85. The summed E-state index contributed by atoms with van der Waals surface area (Å²) in [5.41, 5.74) is 6.59. The molecular weight excluding hydrogens is 229 g/mol. The maximum atomic E-state index is 13.5. The number of nitrogens with two attached hydrogens (primary N) is 1. The van der Waals surface area contributed by atoms with Crippen molar-refractivity contribution in [1.29, 1.82) is 0 Å². The van der Waals surface area contributed by atoms with Crippen LogP contribution in [0.25, 0.3) is 0 Å². The molecule has 0 atom stereocenters. The van der Waals surface area contributed by atoms with E-state index in [9.17, 15) is 4.39 Å². The van der Waals surface area contributed by atoms with Crippen molar-refractivity contribution in [3.05, 3.63) is 35.6 Å². The van der Waals surface area contributed by atoms with E-state index in [1.807, 2.05) is 13.1 Å². The molecule has 0 unspecified atom stereocenters. The van der Waals surface area contributed by atoms with E-state index in [0.29, 0.717) is 24.1 Å². The maximum absolute atomic E-state index is 13.5. The molecule has 0 bridgehead atoms. The van der Waals surface area contributed by atoms with Crippen molar-refractivity contribution in [3.8, 4) is 0 Å². The second-order valence-electron chi connectivity index (χ2n) is 4.87. The molecule has 2 N–H and O–H groups in total. The van der Waals surface area contributed by atoms with Gasteiger partial charge >= 0.3 is 0 Å². The molecule has 1 aromatic rings. The van der Waals surface area contributed by atoms with Crippen LogP contribution in [0.2, 0.25) is 0 Å². The van der Waals surface area contributed by atoms with Crippen LogP contribution in [0.3, 0.4) is 0 Å². The second-order valence-corrected chi connectivity index (χ2v) is 4.87. The highest BCUT2D eigenvalue weighted by atomic mass is 19.1. The fourth-order valence-electron chi connectivity index (χ4n) is 2.28. The SMILES string of the molecule is CN(Cc1ccccc1F)C(N)=NC1CCCC1.